The van der Waals surface area contributed by atoms with E-state index in [9.17, 15) is 4.79 Å². The predicted octanol–water partition coefficient (Wildman–Crippen LogP) is 5.94. The van der Waals surface area contributed by atoms with E-state index in [0.29, 0.717) is 12.8 Å². The van der Waals surface area contributed by atoms with Crippen LogP contribution in [0.15, 0.2) is 60.5 Å². The smallest absolute Gasteiger partial charge is 0.224 e. The summed E-state index contributed by atoms with van der Waals surface area (Å²) >= 11 is 1.86. The van der Waals surface area contributed by atoms with Crippen LogP contribution in [0.25, 0.3) is 0 Å². The molecule has 1 aromatic carbocycles. The lowest BCUT2D eigenvalue weighted by molar-refractivity contribution is -0.116. The summed E-state index contributed by atoms with van der Waals surface area (Å²) < 4.78 is 0. The van der Waals surface area contributed by atoms with Crippen molar-refractivity contribution in [3.63, 3.8) is 0 Å². The Balaban J connectivity index is 1.68. The lowest BCUT2D eigenvalue weighted by Crippen LogP contribution is -2.29. The average Bonchev–Trinajstić information content (AvgIpc) is 3.15. The molecule has 1 aliphatic rings. The first-order chi connectivity index (χ1) is 13.5. The molecule has 1 aliphatic heterocycles. The van der Waals surface area contributed by atoms with Crippen LogP contribution in [0, 0.1) is 13.8 Å². The molecule has 0 aliphatic carbocycles. The van der Waals surface area contributed by atoms with Crippen molar-refractivity contribution in [1.29, 1.82) is 0 Å². The Hall–Kier alpha value is -2.59. The molecule has 1 amide bonds. The van der Waals surface area contributed by atoms with Crippen molar-refractivity contribution in [2.75, 3.05) is 16.8 Å². The molecule has 0 saturated heterocycles. The highest BCUT2D eigenvalue weighted by molar-refractivity contribution is 7.10. The Morgan fingerprint density at radius 3 is 2.68 bits per heavy atom. The molecule has 3 nitrogen and oxygen atoms in total. The third-order valence-electron chi connectivity index (χ3n) is 5.19. The van der Waals surface area contributed by atoms with E-state index < -0.39 is 0 Å². The number of rotatable bonds is 7. The number of fused-ring (bicyclic) bond motifs is 1. The Kier molecular flexibility index (Phi) is 6.53. The van der Waals surface area contributed by atoms with Crippen LogP contribution in [0.4, 0.5) is 11.4 Å². The van der Waals surface area contributed by atoms with E-state index in [2.05, 4.69) is 60.8 Å². The lowest BCUT2D eigenvalue weighted by atomic mass is 10.0. The van der Waals surface area contributed by atoms with E-state index in [1.165, 1.54) is 16.1 Å². The second-order valence-electron chi connectivity index (χ2n) is 7.22. The Morgan fingerprint density at radius 1 is 1.25 bits per heavy atom. The van der Waals surface area contributed by atoms with Crippen LogP contribution in [0.3, 0.4) is 0 Å². The lowest BCUT2D eigenvalue weighted by Gasteiger charge is -2.30. The highest BCUT2D eigenvalue weighted by atomic mass is 32.1. The number of carbonyl (C=O) groups is 1. The van der Waals surface area contributed by atoms with Gasteiger partial charge in [0.15, 0.2) is 0 Å². The molecule has 0 fully saturated rings. The molecular weight excluding hydrogens is 364 g/mol. The number of aryl methyl sites for hydroxylation is 2. The number of nitrogens with one attached hydrogen (secondary N) is 1. The van der Waals surface area contributed by atoms with Gasteiger partial charge in [-0.1, -0.05) is 31.4 Å². The van der Waals surface area contributed by atoms with Crippen molar-refractivity contribution in [1.82, 2.24) is 0 Å². The van der Waals surface area contributed by atoms with Gasteiger partial charge in [-0.05, 0) is 72.5 Å². The predicted molar refractivity (Wildman–Crippen MR) is 121 cm³/mol. The SMILES string of the molecule is C=C/C=C(\C=C)CCC(=O)Nc1c(C)cc(N2CCc3sccc3C2)cc1C. The van der Waals surface area contributed by atoms with E-state index in [0.717, 1.165) is 41.9 Å². The minimum Gasteiger partial charge on any atom is -0.367 e. The van der Waals surface area contributed by atoms with Crippen molar-refractivity contribution in [3.8, 4) is 0 Å². The standard InChI is InChI=1S/C24H28N2OS/c1-5-7-19(6-2)8-9-23(27)25-24-17(3)14-21(15-18(24)4)26-12-10-22-20(16-26)11-13-28-22/h5-7,11,13-15H,1-2,8-10,12,16H2,3-4H3,(H,25,27)/b19-7+. The maximum absolute atomic E-state index is 12.4. The summed E-state index contributed by atoms with van der Waals surface area (Å²) in [5.74, 6) is 0.0247. The van der Waals surface area contributed by atoms with Gasteiger partial charge in [0.2, 0.25) is 5.91 Å². The number of thiophene rings is 1. The van der Waals surface area contributed by atoms with E-state index >= 15 is 0 Å². The first-order valence-corrected chi connectivity index (χ1v) is 10.5. The van der Waals surface area contributed by atoms with E-state index in [-0.39, 0.29) is 5.91 Å². The molecule has 1 aromatic heterocycles. The van der Waals surface area contributed by atoms with Crippen LogP contribution in [0.1, 0.15) is 34.4 Å². The zero-order chi connectivity index (χ0) is 20.1. The van der Waals surface area contributed by atoms with Crippen molar-refractivity contribution in [3.05, 3.63) is 82.1 Å². The van der Waals surface area contributed by atoms with Crippen molar-refractivity contribution in [2.45, 2.75) is 39.7 Å². The molecule has 0 saturated carbocycles. The number of carbonyl (C=O) groups excluding carboxylic acids is 1. The fraction of sp³-hybridized carbons (Fsp3) is 0.292. The van der Waals surface area contributed by atoms with Gasteiger partial charge >= 0.3 is 0 Å². The third kappa shape index (κ3) is 4.63. The van der Waals surface area contributed by atoms with E-state index in [1.54, 1.807) is 12.2 Å². The molecule has 0 spiro atoms. The number of amides is 1. The Bertz CT molecular complexity index is 899. The van der Waals surface area contributed by atoms with Gasteiger partial charge < -0.3 is 10.2 Å². The fourth-order valence-corrected chi connectivity index (χ4v) is 4.54. The summed E-state index contributed by atoms with van der Waals surface area (Å²) in [5, 5.41) is 5.28. The molecule has 0 atom stereocenters. The second-order valence-corrected chi connectivity index (χ2v) is 8.23. The molecule has 146 valence electrons. The average molecular weight is 393 g/mol. The maximum Gasteiger partial charge on any atom is 0.224 e. The minimum atomic E-state index is 0.0247. The molecule has 2 heterocycles. The van der Waals surface area contributed by atoms with Crippen LogP contribution >= 0.6 is 11.3 Å². The van der Waals surface area contributed by atoms with Crippen LogP contribution in [0.2, 0.25) is 0 Å². The monoisotopic (exact) mass is 392 g/mol. The molecule has 0 unspecified atom stereocenters. The van der Waals surface area contributed by atoms with Gasteiger partial charge in [0.05, 0.1) is 0 Å². The maximum atomic E-state index is 12.4. The van der Waals surface area contributed by atoms with E-state index in [1.807, 2.05) is 17.4 Å². The Morgan fingerprint density at radius 2 is 2.00 bits per heavy atom. The summed E-state index contributed by atoms with van der Waals surface area (Å²) in [6, 6.07) is 6.61. The quantitative estimate of drug-likeness (QED) is 0.591. The number of hydrogen-bond donors (Lipinski definition) is 1. The van der Waals surface area contributed by atoms with Gasteiger partial charge in [-0.2, -0.15) is 0 Å². The summed E-state index contributed by atoms with van der Waals surface area (Å²) in [7, 11) is 0. The topological polar surface area (TPSA) is 32.3 Å². The normalized spacial score (nSPS) is 13.8. The molecule has 28 heavy (non-hydrogen) atoms. The molecule has 0 radical (unpaired) electrons. The number of allylic oxidation sites excluding steroid dienone is 4. The zero-order valence-electron chi connectivity index (χ0n) is 16.8. The van der Waals surface area contributed by atoms with Crippen LogP contribution in [-0.2, 0) is 17.8 Å². The fourth-order valence-electron chi connectivity index (χ4n) is 3.65. The summed E-state index contributed by atoms with van der Waals surface area (Å²) in [6.07, 6.45) is 7.59. The van der Waals surface area contributed by atoms with Crippen LogP contribution in [0.5, 0.6) is 0 Å². The van der Waals surface area contributed by atoms with Gasteiger partial charge in [0.25, 0.3) is 0 Å². The third-order valence-corrected chi connectivity index (χ3v) is 6.21. The number of hydrogen-bond acceptors (Lipinski definition) is 3. The molecule has 0 bridgehead atoms. The van der Waals surface area contributed by atoms with Gasteiger partial charge in [-0.15, -0.1) is 11.3 Å². The molecule has 3 rings (SSSR count). The number of anilines is 2. The first kappa shape index (κ1) is 20.2. The number of nitrogens with zero attached hydrogens (tertiary/aromatic N) is 1. The van der Waals surface area contributed by atoms with Gasteiger partial charge in [0.1, 0.15) is 0 Å². The van der Waals surface area contributed by atoms with Crippen molar-refractivity contribution < 1.29 is 4.79 Å². The van der Waals surface area contributed by atoms with Crippen molar-refractivity contribution >= 4 is 28.6 Å². The highest BCUT2D eigenvalue weighted by Crippen LogP contribution is 2.32. The van der Waals surface area contributed by atoms with Crippen LogP contribution in [-0.4, -0.2) is 12.5 Å². The second kappa shape index (κ2) is 9.07. The summed E-state index contributed by atoms with van der Waals surface area (Å²) in [5.41, 5.74) is 6.82. The molecule has 2 aromatic rings. The number of benzene rings is 1. The van der Waals surface area contributed by atoms with Gasteiger partial charge in [-0.25, -0.2) is 0 Å². The molecule has 4 heteroatoms. The van der Waals surface area contributed by atoms with Gasteiger partial charge in [0, 0.05) is 35.8 Å². The zero-order valence-corrected chi connectivity index (χ0v) is 17.6. The van der Waals surface area contributed by atoms with Crippen molar-refractivity contribution in [2.24, 2.45) is 0 Å². The van der Waals surface area contributed by atoms with E-state index in [4.69, 9.17) is 0 Å². The largest absolute Gasteiger partial charge is 0.367 e. The molecular formula is C24H28N2OS. The first-order valence-electron chi connectivity index (χ1n) is 9.67. The minimum absolute atomic E-state index is 0.0247. The van der Waals surface area contributed by atoms with Crippen LogP contribution < -0.4 is 10.2 Å². The Labute approximate surface area is 172 Å². The highest BCUT2D eigenvalue weighted by Gasteiger charge is 2.19. The summed E-state index contributed by atoms with van der Waals surface area (Å²) in [4.78, 5) is 16.4. The van der Waals surface area contributed by atoms with Gasteiger partial charge in [-0.3, -0.25) is 4.79 Å². The molecule has 1 N–H and O–H groups in total. The summed E-state index contributed by atoms with van der Waals surface area (Å²) in [6.45, 7) is 13.6.